The molecule has 0 aromatic carbocycles. The summed E-state index contributed by atoms with van der Waals surface area (Å²) in [6, 6.07) is 0. The van der Waals surface area contributed by atoms with Crippen LogP contribution in [0.4, 0.5) is 0 Å². The minimum Gasteiger partial charge on any atom is -0.377 e. The molecule has 0 aromatic rings. The van der Waals surface area contributed by atoms with Crippen LogP contribution in [0.25, 0.3) is 0 Å². The molecule has 0 aromatic heterocycles. The number of ether oxygens (including phenoxy) is 1. The summed E-state index contributed by atoms with van der Waals surface area (Å²) < 4.78 is 5.59. The Kier molecular flexibility index (Phi) is 2.61. The van der Waals surface area contributed by atoms with E-state index in [0.717, 1.165) is 19.1 Å². The maximum Gasteiger partial charge on any atom is 0.0700 e. The lowest BCUT2D eigenvalue weighted by Crippen LogP contribution is -2.45. The van der Waals surface area contributed by atoms with Crippen LogP contribution < -0.4 is 5.32 Å². The second-order valence-electron chi connectivity index (χ2n) is 5.01. The van der Waals surface area contributed by atoms with Gasteiger partial charge in [-0.1, -0.05) is 0 Å². The van der Waals surface area contributed by atoms with Gasteiger partial charge in [0.2, 0.25) is 0 Å². The lowest BCUT2D eigenvalue weighted by Gasteiger charge is -2.27. The smallest absolute Gasteiger partial charge is 0.0700 e. The maximum atomic E-state index is 5.59. The Balaban J connectivity index is 1.70. The number of hydrogen-bond donors (Lipinski definition) is 1. The largest absolute Gasteiger partial charge is 0.377 e. The van der Waals surface area contributed by atoms with Crippen molar-refractivity contribution in [3.8, 4) is 0 Å². The summed E-state index contributed by atoms with van der Waals surface area (Å²) in [6.07, 6.45) is 5.79. The fourth-order valence-corrected chi connectivity index (χ4v) is 2.13. The monoisotopic (exact) mass is 183 g/mol. The molecule has 13 heavy (non-hydrogen) atoms. The van der Waals surface area contributed by atoms with Gasteiger partial charge in [0.15, 0.2) is 0 Å². The van der Waals surface area contributed by atoms with Gasteiger partial charge in [-0.25, -0.2) is 0 Å². The van der Waals surface area contributed by atoms with E-state index in [1.54, 1.807) is 0 Å². The van der Waals surface area contributed by atoms with Crippen LogP contribution in [0.1, 0.15) is 39.5 Å². The topological polar surface area (TPSA) is 21.3 Å². The summed E-state index contributed by atoms with van der Waals surface area (Å²) in [7, 11) is 0. The quantitative estimate of drug-likeness (QED) is 0.719. The Labute approximate surface area is 81.0 Å². The molecule has 0 amide bonds. The van der Waals surface area contributed by atoms with Gasteiger partial charge >= 0.3 is 0 Å². The molecule has 2 fully saturated rings. The van der Waals surface area contributed by atoms with E-state index < -0.39 is 0 Å². The van der Waals surface area contributed by atoms with Gasteiger partial charge < -0.3 is 10.1 Å². The molecule has 2 aliphatic rings. The standard InChI is InChI=1S/C11H21NO/c1-11(2,9-5-6-9)12-8-10-4-3-7-13-10/h9-10,12H,3-8H2,1-2H3. The fourth-order valence-electron chi connectivity index (χ4n) is 2.13. The van der Waals surface area contributed by atoms with E-state index in [2.05, 4.69) is 19.2 Å². The average Bonchev–Trinajstić information content (AvgIpc) is 2.82. The maximum absolute atomic E-state index is 5.59. The normalized spacial score (nSPS) is 29.5. The van der Waals surface area contributed by atoms with Gasteiger partial charge in [0.25, 0.3) is 0 Å². The van der Waals surface area contributed by atoms with Gasteiger partial charge in [-0.15, -0.1) is 0 Å². The molecule has 1 aliphatic carbocycles. The van der Waals surface area contributed by atoms with Crippen LogP contribution in [0, 0.1) is 5.92 Å². The van der Waals surface area contributed by atoms with E-state index in [4.69, 9.17) is 4.74 Å². The highest BCUT2D eigenvalue weighted by molar-refractivity contribution is 4.94. The first-order chi connectivity index (χ1) is 6.18. The SMILES string of the molecule is CC(C)(NCC1CCCO1)C1CC1. The summed E-state index contributed by atoms with van der Waals surface area (Å²) in [4.78, 5) is 0. The minimum absolute atomic E-state index is 0.339. The highest BCUT2D eigenvalue weighted by Crippen LogP contribution is 2.39. The van der Waals surface area contributed by atoms with E-state index >= 15 is 0 Å². The van der Waals surface area contributed by atoms with Crippen molar-refractivity contribution in [2.75, 3.05) is 13.2 Å². The molecule has 0 radical (unpaired) electrons. The van der Waals surface area contributed by atoms with Gasteiger partial charge in [-0.3, -0.25) is 0 Å². The molecule has 0 spiro atoms. The van der Waals surface area contributed by atoms with Crippen molar-refractivity contribution < 1.29 is 4.74 Å². The second kappa shape index (κ2) is 3.58. The molecule has 1 atom stereocenters. The Morgan fingerprint density at radius 2 is 2.08 bits per heavy atom. The fraction of sp³-hybridized carbons (Fsp3) is 1.00. The second-order valence-corrected chi connectivity index (χ2v) is 5.01. The summed E-state index contributed by atoms with van der Waals surface area (Å²) in [5.74, 6) is 0.911. The summed E-state index contributed by atoms with van der Waals surface area (Å²) in [6.45, 7) is 6.65. The van der Waals surface area contributed by atoms with Crippen molar-refractivity contribution in [1.29, 1.82) is 0 Å². The molecular formula is C11H21NO. The van der Waals surface area contributed by atoms with E-state index in [9.17, 15) is 0 Å². The van der Waals surface area contributed by atoms with Gasteiger partial charge in [0.1, 0.15) is 0 Å². The van der Waals surface area contributed by atoms with Crippen molar-refractivity contribution in [2.24, 2.45) is 5.92 Å². The molecule has 0 bridgehead atoms. The van der Waals surface area contributed by atoms with Crippen LogP contribution >= 0.6 is 0 Å². The first kappa shape index (κ1) is 9.47. The first-order valence-electron chi connectivity index (χ1n) is 5.55. The molecule has 1 N–H and O–H groups in total. The zero-order valence-corrected chi connectivity index (χ0v) is 8.81. The highest BCUT2D eigenvalue weighted by atomic mass is 16.5. The molecular weight excluding hydrogens is 162 g/mol. The van der Waals surface area contributed by atoms with Crippen molar-refractivity contribution >= 4 is 0 Å². The predicted molar refractivity (Wildman–Crippen MR) is 53.8 cm³/mol. The predicted octanol–water partition coefficient (Wildman–Crippen LogP) is 1.94. The van der Waals surface area contributed by atoms with Crippen LogP contribution in [-0.4, -0.2) is 24.8 Å². The molecule has 2 nitrogen and oxygen atoms in total. The van der Waals surface area contributed by atoms with E-state index in [1.807, 2.05) is 0 Å². The van der Waals surface area contributed by atoms with Crippen LogP contribution in [0.2, 0.25) is 0 Å². The Morgan fingerprint density at radius 3 is 2.62 bits per heavy atom. The number of hydrogen-bond acceptors (Lipinski definition) is 2. The zero-order valence-electron chi connectivity index (χ0n) is 8.81. The van der Waals surface area contributed by atoms with Crippen LogP contribution in [0.5, 0.6) is 0 Å². The third-order valence-electron chi connectivity index (χ3n) is 3.41. The van der Waals surface area contributed by atoms with E-state index in [0.29, 0.717) is 11.6 Å². The zero-order chi connectivity index (χ0) is 9.31. The van der Waals surface area contributed by atoms with E-state index in [-0.39, 0.29) is 0 Å². The van der Waals surface area contributed by atoms with Crippen molar-refractivity contribution in [3.05, 3.63) is 0 Å². The Bertz CT molecular complexity index is 169. The summed E-state index contributed by atoms with van der Waals surface area (Å²) in [5, 5.41) is 3.64. The molecule has 1 heterocycles. The molecule has 2 heteroatoms. The molecule has 1 aliphatic heterocycles. The van der Waals surface area contributed by atoms with Gasteiger partial charge in [-0.2, -0.15) is 0 Å². The third kappa shape index (κ3) is 2.44. The van der Waals surface area contributed by atoms with Crippen molar-refractivity contribution in [1.82, 2.24) is 5.32 Å². The van der Waals surface area contributed by atoms with Crippen LogP contribution in [-0.2, 0) is 4.74 Å². The molecule has 1 saturated heterocycles. The third-order valence-corrected chi connectivity index (χ3v) is 3.41. The van der Waals surface area contributed by atoms with Gasteiger partial charge in [-0.05, 0) is 45.4 Å². The molecule has 1 saturated carbocycles. The molecule has 2 rings (SSSR count). The Morgan fingerprint density at radius 1 is 1.31 bits per heavy atom. The summed E-state index contributed by atoms with van der Waals surface area (Å²) in [5.41, 5.74) is 0.339. The lowest BCUT2D eigenvalue weighted by atomic mass is 9.98. The van der Waals surface area contributed by atoms with Gasteiger partial charge in [0.05, 0.1) is 6.10 Å². The van der Waals surface area contributed by atoms with Gasteiger partial charge in [0, 0.05) is 18.7 Å². The Hall–Kier alpha value is -0.0800. The lowest BCUT2D eigenvalue weighted by molar-refractivity contribution is 0.101. The first-order valence-corrected chi connectivity index (χ1v) is 5.55. The van der Waals surface area contributed by atoms with Crippen LogP contribution in [0.3, 0.4) is 0 Å². The molecule has 76 valence electrons. The van der Waals surface area contributed by atoms with Crippen molar-refractivity contribution in [2.45, 2.75) is 51.2 Å². The minimum atomic E-state index is 0.339. The number of nitrogens with one attached hydrogen (secondary N) is 1. The average molecular weight is 183 g/mol. The van der Waals surface area contributed by atoms with E-state index in [1.165, 1.54) is 25.7 Å². The number of rotatable bonds is 4. The van der Waals surface area contributed by atoms with Crippen LogP contribution in [0.15, 0.2) is 0 Å². The molecule has 1 unspecified atom stereocenters. The highest BCUT2D eigenvalue weighted by Gasteiger charge is 2.37. The van der Waals surface area contributed by atoms with Crippen molar-refractivity contribution in [3.63, 3.8) is 0 Å². The summed E-state index contributed by atoms with van der Waals surface area (Å²) >= 11 is 0.